The zero-order chi connectivity index (χ0) is 17.8. The maximum atomic E-state index is 12.0. The van der Waals surface area contributed by atoms with E-state index in [1.54, 1.807) is 26.4 Å². The van der Waals surface area contributed by atoms with Crippen molar-refractivity contribution in [2.45, 2.75) is 0 Å². The molecule has 0 fully saturated rings. The van der Waals surface area contributed by atoms with E-state index < -0.39 is 5.78 Å². The Morgan fingerprint density at radius 1 is 0.880 bits per heavy atom. The van der Waals surface area contributed by atoms with E-state index in [9.17, 15) is 9.59 Å². The van der Waals surface area contributed by atoms with Crippen LogP contribution in [0, 0.1) is 0 Å². The fraction of sp³-hybridized carbons (Fsp3) is 0.100. The molecule has 0 bridgehead atoms. The normalized spacial score (nSPS) is 10.3. The Morgan fingerprint density at radius 3 is 1.88 bits per heavy atom. The summed E-state index contributed by atoms with van der Waals surface area (Å²) in [4.78, 5) is 22.9. The van der Waals surface area contributed by atoms with E-state index in [0.29, 0.717) is 11.3 Å². The standard InChI is InChI=1S/C20H16O5/c1-23-15-7-3-13(4-8-15)17-12-25-20(18(22)11-21)19(17)14-5-9-16(24-2)10-6-14/h3-12H,1-2H3. The summed E-state index contributed by atoms with van der Waals surface area (Å²) in [6.07, 6.45) is 1.74. The molecule has 3 aromatic rings. The maximum absolute atomic E-state index is 12.0. The molecule has 1 aromatic heterocycles. The van der Waals surface area contributed by atoms with Crippen molar-refractivity contribution in [3.8, 4) is 33.8 Å². The zero-order valence-corrected chi connectivity index (χ0v) is 13.8. The molecule has 1 heterocycles. The van der Waals surface area contributed by atoms with Crippen molar-refractivity contribution < 1.29 is 23.5 Å². The summed E-state index contributed by atoms with van der Waals surface area (Å²) in [7, 11) is 3.17. The van der Waals surface area contributed by atoms with E-state index in [-0.39, 0.29) is 12.0 Å². The van der Waals surface area contributed by atoms with Crippen LogP contribution in [0.15, 0.2) is 59.2 Å². The van der Waals surface area contributed by atoms with Crippen LogP contribution in [0.3, 0.4) is 0 Å². The fourth-order valence-electron chi connectivity index (χ4n) is 2.62. The van der Waals surface area contributed by atoms with Gasteiger partial charge in [-0.2, -0.15) is 0 Å². The Kier molecular flexibility index (Phi) is 4.66. The van der Waals surface area contributed by atoms with Gasteiger partial charge in [-0.25, -0.2) is 0 Å². The minimum atomic E-state index is -0.703. The first kappa shape index (κ1) is 16.5. The van der Waals surface area contributed by atoms with Crippen molar-refractivity contribution in [2.24, 2.45) is 0 Å². The highest BCUT2D eigenvalue weighted by atomic mass is 16.5. The molecule has 0 spiro atoms. The topological polar surface area (TPSA) is 65.7 Å². The van der Waals surface area contributed by atoms with Gasteiger partial charge in [0, 0.05) is 11.1 Å². The number of methoxy groups -OCH3 is 2. The van der Waals surface area contributed by atoms with Gasteiger partial charge in [0.1, 0.15) is 11.5 Å². The van der Waals surface area contributed by atoms with Crippen molar-refractivity contribution in [1.29, 1.82) is 0 Å². The smallest absolute Gasteiger partial charge is 0.261 e. The number of ketones is 1. The van der Waals surface area contributed by atoms with Crippen LogP contribution in [0.1, 0.15) is 10.6 Å². The van der Waals surface area contributed by atoms with Gasteiger partial charge in [-0.05, 0) is 35.4 Å². The molecule has 25 heavy (non-hydrogen) atoms. The van der Waals surface area contributed by atoms with Gasteiger partial charge in [-0.1, -0.05) is 24.3 Å². The molecule has 0 aliphatic rings. The van der Waals surface area contributed by atoms with Crippen LogP contribution in [-0.2, 0) is 4.79 Å². The van der Waals surface area contributed by atoms with E-state index in [0.717, 1.165) is 22.4 Å². The number of Topliss-reactive ketones (excluding diaryl/α,β-unsaturated/α-hetero) is 1. The Hall–Kier alpha value is -3.34. The average Bonchev–Trinajstić information content (AvgIpc) is 3.12. The summed E-state index contributed by atoms with van der Waals surface area (Å²) in [5.74, 6) is 0.737. The van der Waals surface area contributed by atoms with Gasteiger partial charge in [0.2, 0.25) is 0 Å². The Morgan fingerprint density at radius 2 is 1.40 bits per heavy atom. The minimum absolute atomic E-state index is 0.0194. The van der Waals surface area contributed by atoms with Gasteiger partial charge in [0.05, 0.1) is 20.5 Å². The van der Waals surface area contributed by atoms with Crippen molar-refractivity contribution in [3.05, 3.63) is 60.6 Å². The first-order chi connectivity index (χ1) is 12.2. The molecule has 0 N–H and O–H groups in total. The molecule has 0 saturated carbocycles. The summed E-state index contributed by atoms with van der Waals surface area (Å²) in [6, 6.07) is 14.6. The summed E-state index contributed by atoms with van der Waals surface area (Å²) >= 11 is 0. The molecule has 0 amide bonds. The van der Waals surface area contributed by atoms with Crippen molar-refractivity contribution in [1.82, 2.24) is 0 Å². The Balaban J connectivity index is 2.16. The number of hydrogen-bond acceptors (Lipinski definition) is 5. The number of furan rings is 1. The highest BCUT2D eigenvalue weighted by Gasteiger charge is 2.22. The van der Waals surface area contributed by atoms with Crippen LogP contribution < -0.4 is 9.47 Å². The zero-order valence-electron chi connectivity index (χ0n) is 13.8. The van der Waals surface area contributed by atoms with E-state index in [2.05, 4.69) is 0 Å². The molecule has 0 aliphatic carbocycles. The molecule has 0 unspecified atom stereocenters. The third kappa shape index (κ3) is 3.17. The lowest BCUT2D eigenvalue weighted by molar-refractivity contribution is -0.104. The van der Waals surface area contributed by atoms with E-state index in [1.165, 1.54) is 6.26 Å². The Labute approximate surface area is 144 Å². The van der Waals surface area contributed by atoms with E-state index in [4.69, 9.17) is 13.9 Å². The number of carbonyl (C=O) groups is 2. The second-order valence-corrected chi connectivity index (χ2v) is 5.29. The Bertz CT molecular complexity index is 889. The van der Waals surface area contributed by atoms with Gasteiger partial charge in [-0.3, -0.25) is 9.59 Å². The predicted molar refractivity (Wildman–Crippen MR) is 93.1 cm³/mol. The van der Waals surface area contributed by atoms with E-state index in [1.807, 2.05) is 36.4 Å². The number of ether oxygens (including phenoxy) is 2. The molecule has 3 rings (SSSR count). The molecular weight excluding hydrogens is 320 g/mol. The van der Waals surface area contributed by atoms with Crippen LogP contribution in [0.4, 0.5) is 0 Å². The molecule has 126 valence electrons. The van der Waals surface area contributed by atoms with Gasteiger partial charge in [0.15, 0.2) is 12.0 Å². The fourth-order valence-corrected chi connectivity index (χ4v) is 2.62. The van der Waals surface area contributed by atoms with Gasteiger partial charge in [-0.15, -0.1) is 0 Å². The van der Waals surface area contributed by atoms with Crippen LogP contribution in [0.25, 0.3) is 22.3 Å². The molecule has 0 saturated heterocycles. The molecular formula is C20H16O5. The number of benzene rings is 2. The van der Waals surface area contributed by atoms with Gasteiger partial charge >= 0.3 is 0 Å². The molecule has 5 heteroatoms. The third-order valence-electron chi connectivity index (χ3n) is 3.90. The molecule has 0 atom stereocenters. The number of carbonyl (C=O) groups excluding carboxylic acids is 2. The van der Waals surface area contributed by atoms with Crippen molar-refractivity contribution in [2.75, 3.05) is 14.2 Å². The maximum Gasteiger partial charge on any atom is 0.261 e. The van der Waals surface area contributed by atoms with E-state index >= 15 is 0 Å². The summed E-state index contributed by atoms with van der Waals surface area (Å²) in [6.45, 7) is 0. The quantitative estimate of drug-likeness (QED) is 0.386. The first-order valence-electron chi connectivity index (χ1n) is 7.57. The lowest BCUT2D eigenvalue weighted by Gasteiger charge is -2.07. The molecule has 5 nitrogen and oxygen atoms in total. The lowest BCUT2D eigenvalue weighted by atomic mass is 9.95. The highest BCUT2D eigenvalue weighted by molar-refractivity contribution is 6.34. The summed E-state index contributed by atoms with van der Waals surface area (Å²) < 4.78 is 15.8. The molecule has 0 radical (unpaired) electrons. The lowest BCUT2D eigenvalue weighted by Crippen LogP contribution is -2.00. The average molecular weight is 336 g/mol. The van der Waals surface area contributed by atoms with Gasteiger partial charge < -0.3 is 13.9 Å². The van der Waals surface area contributed by atoms with Gasteiger partial charge in [0.25, 0.3) is 5.78 Å². The van der Waals surface area contributed by atoms with Crippen LogP contribution in [0.2, 0.25) is 0 Å². The number of rotatable bonds is 6. The summed E-state index contributed by atoms with van der Waals surface area (Å²) in [5.41, 5.74) is 2.90. The largest absolute Gasteiger partial charge is 0.497 e. The van der Waals surface area contributed by atoms with Crippen LogP contribution >= 0.6 is 0 Å². The van der Waals surface area contributed by atoms with Crippen LogP contribution in [0.5, 0.6) is 11.5 Å². The SMILES string of the molecule is COc1ccc(-c2coc(C(=O)C=O)c2-c2ccc(OC)cc2)cc1. The second kappa shape index (κ2) is 7.05. The number of aldehydes is 1. The molecule has 0 aliphatic heterocycles. The second-order valence-electron chi connectivity index (χ2n) is 5.29. The minimum Gasteiger partial charge on any atom is -0.497 e. The number of hydrogen-bond donors (Lipinski definition) is 0. The predicted octanol–water partition coefficient (Wildman–Crippen LogP) is 4.01. The molecule has 2 aromatic carbocycles. The van der Waals surface area contributed by atoms with Crippen LogP contribution in [-0.4, -0.2) is 26.3 Å². The van der Waals surface area contributed by atoms with Crippen molar-refractivity contribution in [3.63, 3.8) is 0 Å². The monoisotopic (exact) mass is 336 g/mol. The summed E-state index contributed by atoms with van der Waals surface area (Å²) in [5, 5.41) is 0. The highest BCUT2D eigenvalue weighted by Crippen LogP contribution is 2.38. The van der Waals surface area contributed by atoms with Crippen molar-refractivity contribution >= 4 is 12.1 Å². The third-order valence-corrected chi connectivity index (χ3v) is 3.90. The first-order valence-corrected chi connectivity index (χ1v) is 7.57.